The van der Waals surface area contributed by atoms with Gasteiger partial charge in [0.1, 0.15) is 0 Å². The molecule has 6 rings (SSSR count). The zero-order chi connectivity index (χ0) is 31.4. The van der Waals surface area contributed by atoms with Crippen molar-refractivity contribution in [2.45, 2.75) is 0 Å². The molecule has 14 heteroatoms. The molecule has 2 heterocycles. The average molecular weight is 670 g/mol. The van der Waals surface area contributed by atoms with Gasteiger partial charge in [-0.15, -0.1) is 0 Å². The molecule has 0 bridgehead atoms. The fraction of sp³-hybridized carbons (Fsp3) is 0. The van der Waals surface area contributed by atoms with Crippen LogP contribution < -0.4 is 10.6 Å². The molecule has 0 aromatic heterocycles. The van der Waals surface area contributed by atoms with Crippen molar-refractivity contribution in [3.8, 4) is 11.1 Å². The van der Waals surface area contributed by atoms with Crippen LogP contribution in [-0.4, -0.2) is 35.7 Å². The van der Waals surface area contributed by atoms with Gasteiger partial charge in [0.2, 0.25) is 0 Å². The minimum atomic E-state index is -0.848. The largest absolute Gasteiger partial charge is 0.386 e. The number of halogens is 4. The highest BCUT2D eigenvalue weighted by molar-refractivity contribution is 6.41. The number of benzene rings is 4. The number of fused-ring (bicyclic) bond motifs is 2. The van der Waals surface area contributed by atoms with E-state index in [0.717, 1.165) is 0 Å². The Kier molecular flexibility index (Phi) is 7.38. The quantitative estimate of drug-likeness (QED) is 0.169. The molecule has 44 heavy (non-hydrogen) atoms. The van der Waals surface area contributed by atoms with Gasteiger partial charge in [-0.2, -0.15) is 0 Å². The predicted molar refractivity (Wildman–Crippen MR) is 160 cm³/mol. The number of rotatable bonds is 5. The first-order valence-corrected chi connectivity index (χ1v) is 13.8. The molecule has 218 valence electrons. The van der Waals surface area contributed by atoms with Crippen molar-refractivity contribution in [2.75, 3.05) is 10.6 Å². The summed E-state index contributed by atoms with van der Waals surface area (Å²) in [5, 5.41) is 5.68. The van der Waals surface area contributed by atoms with Gasteiger partial charge in [0.25, 0.3) is 11.8 Å². The van der Waals surface area contributed by atoms with Gasteiger partial charge in [-0.25, -0.2) is 19.2 Å². The molecule has 10 nitrogen and oxygen atoms in total. The van der Waals surface area contributed by atoms with Crippen molar-refractivity contribution in [2.24, 2.45) is 0 Å². The fourth-order valence-electron chi connectivity index (χ4n) is 4.54. The van der Waals surface area contributed by atoms with Crippen LogP contribution in [0.5, 0.6) is 0 Å². The molecular weight excluding hydrogens is 658 g/mol. The number of cyclic esters (lactones) is 4. The highest BCUT2D eigenvalue weighted by atomic mass is 35.5. The third-order valence-electron chi connectivity index (χ3n) is 6.71. The molecule has 2 aliphatic rings. The number of hydrogen-bond donors (Lipinski definition) is 2. The molecule has 0 saturated heterocycles. The molecule has 2 N–H and O–H groups in total. The van der Waals surface area contributed by atoms with Crippen LogP contribution in [0.25, 0.3) is 11.1 Å². The number of carbonyl (C=O) groups excluding carboxylic acids is 6. The first-order chi connectivity index (χ1) is 20.9. The Morgan fingerprint density at radius 3 is 1.20 bits per heavy atom. The van der Waals surface area contributed by atoms with Gasteiger partial charge in [-0.1, -0.05) is 46.4 Å². The molecule has 0 radical (unpaired) electrons. The van der Waals surface area contributed by atoms with Crippen molar-refractivity contribution in [1.29, 1.82) is 0 Å². The van der Waals surface area contributed by atoms with Crippen LogP contribution in [-0.2, 0) is 9.47 Å². The van der Waals surface area contributed by atoms with E-state index in [1.165, 1.54) is 60.7 Å². The number of amides is 2. The summed E-state index contributed by atoms with van der Waals surface area (Å²) < 4.78 is 9.09. The maximum atomic E-state index is 12.9. The number of carbonyl (C=O) groups is 6. The Morgan fingerprint density at radius 2 is 0.818 bits per heavy atom. The van der Waals surface area contributed by atoms with Gasteiger partial charge in [-0.05, 0) is 60.7 Å². The van der Waals surface area contributed by atoms with Gasteiger partial charge < -0.3 is 20.1 Å². The average Bonchev–Trinajstić information content (AvgIpc) is 3.44. The van der Waals surface area contributed by atoms with Crippen LogP contribution in [0.4, 0.5) is 11.4 Å². The predicted octanol–water partition coefficient (Wildman–Crippen LogP) is 7.09. The molecule has 0 saturated carbocycles. The lowest BCUT2D eigenvalue weighted by molar-refractivity contribution is 0.0425. The Hall–Kier alpha value is -4.74. The molecule has 0 atom stereocenters. The van der Waals surface area contributed by atoms with Gasteiger partial charge in [-0.3, -0.25) is 9.59 Å². The van der Waals surface area contributed by atoms with Crippen molar-refractivity contribution in [1.82, 2.24) is 0 Å². The van der Waals surface area contributed by atoms with Crippen LogP contribution in [0.1, 0.15) is 62.1 Å². The molecule has 0 unspecified atom stereocenters. The Labute approximate surface area is 266 Å². The second-order valence-electron chi connectivity index (χ2n) is 9.41. The summed E-state index contributed by atoms with van der Waals surface area (Å²) in [5.41, 5.74) is 1.24. The lowest BCUT2D eigenvalue weighted by Crippen LogP contribution is -2.13. The normalized spacial score (nSPS) is 13.3. The number of nitrogens with one attached hydrogen (secondary N) is 2. The highest BCUT2D eigenvalue weighted by Gasteiger charge is 2.31. The van der Waals surface area contributed by atoms with Crippen LogP contribution in [0.3, 0.4) is 0 Å². The SMILES string of the molecule is O=C(Nc1cc(Cl)c(-c2cc(Cl)c(NC(=O)c3ccc4c(c3)C(=O)OC4=O)cc2Cl)cc1Cl)c1ccc2c(c1)C(=O)OC2=O. The summed E-state index contributed by atoms with van der Waals surface area (Å²) in [6, 6.07) is 13.5. The van der Waals surface area contributed by atoms with E-state index in [2.05, 4.69) is 20.1 Å². The van der Waals surface area contributed by atoms with E-state index in [1.54, 1.807) is 0 Å². The molecule has 2 aliphatic heterocycles. The van der Waals surface area contributed by atoms with E-state index in [0.29, 0.717) is 11.1 Å². The number of anilines is 2. The first kappa shape index (κ1) is 29.3. The van der Waals surface area contributed by atoms with E-state index in [-0.39, 0.29) is 64.8 Å². The maximum absolute atomic E-state index is 12.9. The third kappa shape index (κ3) is 5.18. The zero-order valence-electron chi connectivity index (χ0n) is 21.6. The number of hydrogen-bond acceptors (Lipinski definition) is 8. The van der Waals surface area contributed by atoms with Gasteiger partial charge in [0.15, 0.2) is 0 Å². The summed E-state index contributed by atoms with van der Waals surface area (Å²) in [4.78, 5) is 72.8. The first-order valence-electron chi connectivity index (χ1n) is 12.3. The van der Waals surface area contributed by atoms with Crippen LogP contribution in [0.15, 0.2) is 60.7 Å². The van der Waals surface area contributed by atoms with E-state index < -0.39 is 35.7 Å². The molecular formula is C30H12Cl4N2O8. The van der Waals surface area contributed by atoms with Crippen LogP contribution in [0.2, 0.25) is 20.1 Å². The van der Waals surface area contributed by atoms with Crippen LogP contribution in [0, 0.1) is 0 Å². The van der Waals surface area contributed by atoms with Gasteiger partial charge >= 0.3 is 23.9 Å². The van der Waals surface area contributed by atoms with Crippen molar-refractivity contribution < 1.29 is 38.2 Å². The Morgan fingerprint density at radius 1 is 0.455 bits per heavy atom. The molecule has 4 aromatic rings. The minimum Gasteiger partial charge on any atom is -0.386 e. The molecule has 2 amide bonds. The van der Waals surface area contributed by atoms with Crippen molar-refractivity contribution in [3.05, 3.63) is 114 Å². The number of esters is 4. The summed E-state index contributed by atoms with van der Waals surface area (Å²) in [7, 11) is 0. The van der Waals surface area contributed by atoms with E-state index >= 15 is 0 Å². The van der Waals surface area contributed by atoms with E-state index in [9.17, 15) is 28.8 Å². The van der Waals surface area contributed by atoms with Gasteiger partial charge in [0, 0.05) is 22.3 Å². The molecule has 4 aromatic carbocycles. The molecule has 0 aliphatic carbocycles. The van der Waals surface area contributed by atoms with E-state index in [4.69, 9.17) is 46.4 Å². The summed E-state index contributed by atoms with van der Waals surface area (Å²) in [5.74, 6) is -4.53. The monoisotopic (exact) mass is 668 g/mol. The summed E-state index contributed by atoms with van der Waals surface area (Å²) in [6.45, 7) is 0. The Bertz CT molecular complexity index is 1900. The standard InChI is InChI=1S/C30H12Cl4N2O8/c31-19-9-23(35-25(37)11-1-3-13-17(5-11)29(41)43-27(13)39)21(33)7-15(19)16-8-22(34)24(10-20(16)32)36-26(38)12-2-4-14-18(6-12)30(42)44-28(14)40/h1-10H,(H,35,37)(H,36,38). The van der Waals surface area contributed by atoms with Gasteiger partial charge in [0.05, 0.1) is 53.7 Å². The number of ether oxygens (including phenoxy) is 2. The smallest absolute Gasteiger partial charge is 0.346 e. The molecule has 0 spiro atoms. The third-order valence-corrected chi connectivity index (χ3v) is 7.96. The van der Waals surface area contributed by atoms with Crippen molar-refractivity contribution in [3.63, 3.8) is 0 Å². The fourth-order valence-corrected chi connectivity index (χ4v) is 5.49. The van der Waals surface area contributed by atoms with Crippen LogP contribution >= 0.6 is 46.4 Å². The lowest BCUT2D eigenvalue weighted by atomic mass is 10.0. The summed E-state index contributed by atoms with van der Waals surface area (Å²) >= 11 is 26.0. The molecule has 0 fully saturated rings. The second-order valence-corrected chi connectivity index (χ2v) is 11.0. The van der Waals surface area contributed by atoms with E-state index in [1.807, 2.05) is 0 Å². The second kappa shape index (κ2) is 11.1. The van der Waals surface area contributed by atoms with Crippen molar-refractivity contribution >= 4 is 93.5 Å². The zero-order valence-corrected chi connectivity index (χ0v) is 24.6. The minimum absolute atomic E-state index is 0.0262. The topological polar surface area (TPSA) is 145 Å². The summed E-state index contributed by atoms with van der Waals surface area (Å²) in [6.07, 6.45) is 0. The lowest BCUT2D eigenvalue weighted by Gasteiger charge is -2.15. The Balaban J connectivity index is 1.22. The maximum Gasteiger partial charge on any atom is 0.346 e. The highest BCUT2D eigenvalue weighted by Crippen LogP contribution is 2.42.